The van der Waals surface area contributed by atoms with Crippen LogP contribution in [0.3, 0.4) is 0 Å². The molecule has 1 amide bonds. The first-order chi connectivity index (χ1) is 10.7. The van der Waals surface area contributed by atoms with Crippen LogP contribution in [0.25, 0.3) is 0 Å². The number of rotatable bonds is 3. The highest BCUT2D eigenvalue weighted by molar-refractivity contribution is 5.95. The van der Waals surface area contributed by atoms with Crippen molar-refractivity contribution >= 4 is 11.6 Å². The Balaban J connectivity index is 1.51. The summed E-state index contributed by atoms with van der Waals surface area (Å²) in [5, 5.41) is 0. The molecule has 1 aromatic rings. The first-order valence-corrected chi connectivity index (χ1v) is 8.01. The van der Waals surface area contributed by atoms with Crippen LogP contribution < -0.4 is 4.90 Å². The number of hydrogen-bond donors (Lipinski definition) is 0. The molecule has 1 atom stereocenters. The number of anilines is 1. The Hall–Kier alpha value is -1.37. The summed E-state index contributed by atoms with van der Waals surface area (Å²) < 4.78 is 16.9. The fourth-order valence-electron chi connectivity index (χ4n) is 3.35. The van der Waals surface area contributed by atoms with Crippen LogP contribution in [0.4, 0.5) is 5.69 Å². The van der Waals surface area contributed by atoms with Crippen molar-refractivity contribution in [1.82, 2.24) is 4.90 Å². The van der Waals surface area contributed by atoms with E-state index < -0.39 is 5.60 Å². The van der Waals surface area contributed by atoms with Crippen molar-refractivity contribution in [1.29, 1.82) is 0 Å². The van der Waals surface area contributed by atoms with Gasteiger partial charge in [0.1, 0.15) is 18.5 Å². The maximum Gasteiger partial charge on any atom is 0.253 e. The van der Waals surface area contributed by atoms with Gasteiger partial charge in [-0.2, -0.15) is 0 Å². The first-order valence-electron chi connectivity index (χ1n) is 8.01. The lowest BCUT2D eigenvalue weighted by molar-refractivity contribution is -0.146. The van der Waals surface area contributed by atoms with E-state index >= 15 is 0 Å². The quantitative estimate of drug-likeness (QED) is 0.838. The molecule has 3 heterocycles. The van der Waals surface area contributed by atoms with Crippen LogP contribution in [0.1, 0.15) is 12.8 Å². The number of nitrogens with zero attached hydrogens (tertiary/aromatic N) is 2. The average molecular weight is 306 g/mol. The zero-order valence-corrected chi connectivity index (χ0v) is 12.7. The standard InChI is InChI=1S/C16H22N2O4/c19-15-9-22-16(11-18(15)14-3-5-20-8-14)10-17(4-6-21-12-16)7-13-1-2-13/h3,5,8,13H,1-2,4,6-7,9-12H2/t16-/m0/s1. The normalized spacial score (nSPS) is 30.7. The zero-order valence-electron chi connectivity index (χ0n) is 12.7. The maximum atomic E-state index is 12.2. The van der Waals surface area contributed by atoms with E-state index in [2.05, 4.69) is 4.90 Å². The third kappa shape index (κ3) is 2.91. The Morgan fingerprint density at radius 3 is 3.00 bits per heavy atom. The Morgan fingerprint density at radius 2 is 2.23 bits per heavy atom. The monoisotopic (exact) mass is 306 g/mol. The minimum Gasteiger partial charge on any atom is -0.470 e. The molecule has 1 aromatic heterocycles. The molecule has 3 aliphatic rings. The van der Waals surface area contributed by atoms with E-state index in [4.69, 9.17) is 13.9 Å². The van der Waals surface area contributed by atoms with Crippen LogP contribution in [0.5, 0.6) is 0 Å². The highest BCUT2D eigenvalue weighted by Gasteiger charge is 2.44. The molecule has 0 bridgehead atoms. The molecule has 1 saturated carbocycles. The van der Waals surface area contributed by atoms with Crippen LogP contribution >= 0.6 is 0 Å². The van der Waals surface area contributed by atoms with Crippen molar-refractivity contribution in [2.45, 2.75) is 18.4 Å². The molecule has 2 aliphatic heterocycles. The van der Waals surface area contributed by atoms with Gasteiger partial charge in [-0.1, -0.05) is 0 Å². The Morgan fingerprint density at radius 1 is 1.32 bits per heavy atom. The van der Waals surface area contributed by atoms with Crippen molar-refractivity contribution in [2.75, 3.05) is 50.9 Å². The van der Waals surface area contributed by atoms with E-state index in [9.17, 15) is 4.79 Å². The summed E-state index contributed by atoms with van der Waals surface area (Å²) >= 11 is 0. The van der Waals surface area contributed by atoms with Crippen LogP contribution in [0, 0.1) is 5.92 Å². The Bertz CT molecular complexity index is 528. The van der Waals surface area contributed by atoms with Gasteiger partial charge in [0.2, 0.25) is 0 Å². The second kappa shape index (κ2) is 5.68. The molecule has 1 aliphatic carbocycles. The number of carbonyl (C=O) groups excluding carboxylic acids is 1. The van der Waals surface area contributed by atoms with Gasteiger partial charge in [-0.25, -0.2) is 0 Å². The Kier molecular flexibility index (Phi) is 3.68. The summed E-state index contributed by atoms with van der Waals surface area (Å²) in [5.41, 5.74) is 0.363. The van der Waals surface area contributed by atoms with Gasteiger partial charge in [0.05, 0.1) is 31.7 Å². The van der Waals surface area contributed by atoms with Gasteiger partial charge in [0, 0.05) is 25.7 Å². The number of carbonyl (C=O) groups is 1. The van der Waals surface area contributed by atoms with Crippen molar-refractivity contribution in [2.24, 2.45) is 5.92 Å². The van der Waals surface area contributed by atoms with Gasteiger partial charge >= 0.3 is 0 Å². The first kappa shape index (κ1) is 14.2. The molecule has 1 spiro atoms. The van der Waals surface area contributed by atoms with Gasteiger partial charge in [0.25, 0.3) is 5.91 Å². The minimum atomic E-state index is -0.434. The summed E-state index contributed by atoms with van der Waals surface area (Å²) in [6.45, 7) is 4.78. The van der Waals surface area contributed by atoms with E-state index in [0.29, 0.717) is 13.2 Å². The van der Waals surface area contributed by atoms with Crippen molar-refractivity contribution < 1.29 is 18.7 Å². The van der Waals surface area contributed by atoms with E-state index in [0.717, 1.165) is 37.8 Å². The molecule has 0 radical (unpaired) electrons. The van der Waals surface area contributed by atoms with Crippen LogP contribution in [-0.4, -0.2) is 62.4 Å². The van der Waals surface area contributed by atoms with Crippen molar-refractivity contribution in [3.63, 3.8) is 0 Å². The second-order valence-electron chi connectivity index (χ2n) is 6.66. The molecule has 2 saturated heterocycles. The molecular formula is C16H22N2O4. The number of morpholine rings is 1. The number of amides is 1. The van der Waals surface area contributed by atoms with Crippen LogP contribution in [0.2, 0.25) is 0 Å². The SMILES string of the molecule is O=C1CO[C@]2(COCCN(CC3CC3)C2)CN1c1ccoc1. The van der Waals surface area contributed by atoms with E-state index in [1.54, 1.807) is 17.4 Å². The molecule has 4 rings (SSSR count). The molecule has 6 heteroatoms. The minimum absolute atomic E-state index is 0.0231. The van der Waals surface area contributed by atoms with Gasteiger partial charge < -0.3 is 18.8 Å². The summed E-state index contributed by atoms with van der Waals surface area (Å²) in [6.07, 6.45) is 5.87. The Labute approximate surface area is 129 Å². The molecule has 3 fully saturated rings. The number of furan rings is 1. The van der Waals surface area contributed by atoms with Gasteiger partial charge in [0.15, 0.2) is 0 Å². The fourth-order valence-corrected chi connectivity index (χ4v) is 3.35. The van der Waals surface area contributed by atoms with E-state index in [1.807, 2.05) is 6.07 Å². The third-order valence-corrected chi connectivity index (χ3v) is 4.71. The lowest BCUT2D eigenvalue weighted by atomic mass is 10.0. The largest absolute Gasteiger partial charge is 0.470 e. The third-order valence-electron chi connectivity index (χ3n) is 4.71. The van der Waals surface area contributed by atoms with Crippen LogP contribution in [0.15, 0.2) is 23.0 Å². The predicted molar refractivity (Wildman–Crippen MR) is 79.7 cm³/mol. The van der Waals surface area contributed by atoms with Gasteiger partial charge in [-0.15, -0.1) is 0 Å². The number of ether oxygens (including phenoxy) is 2. The zero-order chi connectivity index (χ0) is 15.0. The molecule has 0 aromatic carbocycles. The molecular weight excluding hydrogens is 284 g/mol. The smallest absolute Gasteiger partial charge is 0.253 e. The lowest BCUT2D eigenvalue weighted by Gasteiger charge is -2.42. The highest BCUT2D eigenvalue weighted by atomic mass is 16.6. The summed E-state index contributed by atoms with van der Waals surface area (Å²) in [6, 6.07) is 1.82. The van der Waals surface area contributed by atoms with E-state index in [-0.39, 0.29) is 12.5 Å². The summed E-state index contributed by atoms with van der Waals surface area (Å²) in [5.74, 6) is 0.815. The maximum absolute atomic E-state index is 12.2. The predicted octanol–water partition coefficient (Wildman–Crippen LogP) is 1.12. The molecule has 120 valence electrons. The molecule has 0 N–H and O–H groups in total. The lowest BCUT2D eigenvalue weighted by Crippen LogP contribution is -2.60. The summed E-state index contributed by atoms with van der Waals surface area (Å²) in [7, 11) is 0. The highest BCUT2D eigenvalue weighted by Crippen LogP contribution is 2.32. The van der Waals surface area contributed by atoms with Gasteiger partial charge in [-0.3, -0.25) is 9.69 Å². The molecule has 6 nitrogen and oxygen atoms in total. The fraction of sp³-hybridized carbons (Fsp3) is 0.688. The van der Waals surface area contributed by atoms with Crippen molar-refractivity contribution in [3.05, 3.63) is 18.6 Å². The van der Waals surface area contributed by atoms with Crippen molar-refractivity contribution in [3.8, 4) is 0 Å². The topological polar surface area (TPSA) is 55.2 Å². The summed E-state index contributed by atoms with van der Waals surface area (Å²) in [4.78, 5) is 16.4. The number of hydrogen-bond acceptors (Lipinski definition) is 5. The van der Waals surface area contributed by atoms with E-state index in [1.165, 1.54) is 12.8 Å². The van der Waals surface area contributed by atoms with Gasteiger partial charge in [-0.05, 0) is 18.8 Å². The molecule has 22 heavy (non-hydrogen) atoms. The average Bonchev–Trinajstić information content (AvgIpc) is 3.21. The molecule has 0 unspecified atom stereocenters. The van der Waals surface area contributed by atoms with Crippen LogP contribution in [-0.2, 0) is 14.3 Å². The second-order valence-corrected chi connectivity index (χ2v) is 6.66.